The van der Waals surface area contributed by atoms with E-state index < -0.39 is 0 Å². The molecule has 152 valence electrons. The summed E-state index contributed by atoms with van der Waals surface area (Å²) in [5.41, 5.74) is 0.978. The second-order valence-corrected chi connectivity index (χ2v) is 8.46. The molecule has 1 aromatic carbocycles. The number of hydrogen-bond donors (Lipinski definition) is 1. The topological polar surface area (TPSA) is 58.6 Å². The summed E-state index contributed by atoms with van der Waals surface area (Å²) in [6, 6.07) is 15.4. The normalized spacial score (nSPS) is 10.5. The fourth-order valence-electron chi connectivity index (χ4n) is 2.96. The highest BCUT2D eigenvalue weighted by atomic mass is 32.1. The minimum atomic E-state index is -0.0862. The number of nitrogens with one attached hydrogen (secondary N) is 1. The first kappa shape index (κ1) is 21.1. The molecule has 5 nitrogen and oxygen atoms in total. The first-order chi connectivity index (χ1) is 14.2. The highest BCUT2D eigenvalue weighted by molar-refractivity contribution is 7.12. The van der Waals surface area contributed by atoms with Crippen molar-refractivity contribution in [3.05, 3.63) is 74.6 Å². The molecule has 7 heteroatoms. The Morgan fingerprint density at radius 2 is 1.79 bits per heavy atom. The average molecular weight is 429 g/mol. The number of rotatable bonds is 10. The van der Waals surface area contributed by atoms with Gasteiger partial charge in [0.25, 0.3) is 5.91 Å². The fraction of sp³-hybridized carbons (Fsp3) is 0.273. The van der Waals surface area contributed by atoms with E-state index in [2.05, 4.69) is 5.32 Å². The van der Waals surface area contributed by atoms with E-state index in [1.165, 1.54) is 11.3 Å². The Hall–Kier alpha value is -2.64. The molecular formula is C22H24N2O3S2. The van der Waals surface area contributed by atoms with Crippen molar-refractivity contribution >= 4 is 34.5 Å². The summed E-state index contributed by atoms with van der Waals surface area (Å²) in [4.78, 5) is 28.6. The van der Waals surface area contributed by atoms with Crippen LogP contribution in [0.4, 0.5) is 0 Å². The van der Waals surface area contributed by atoms with Crippen molar-refractivity contribution in [1.82, 2.24) is 10.2 Å². The van der Waals surface area contributed by atoms with Crippen molar-refractivity contribution < 1.29 is 14.3 Å². The highest BCUT2D eigenvalue weighted by Gasteiger charge is 2.17. The standard InChI is InChI=1S/C22H24N2O3S2/c1-27-19-9-3-2-7-17(19)15-24(16-18-8-5-13-28-18)21(25)11-4-12-23-22(26)20-10-6-14-29-20/h2-3,5-10,13-14H,4,11-12,15-16H2,1H3,(H,23,26). The lowest BCUT2D eigenvalue weighted by Gasteiger charge is -2.23. The van der Waals surface area contributed by atoms with Crippen LogP contribution < -0.4 is 10.1 Å². The molecular weight excluding hydrogens is 404 g/mol. The molecule has 0 fully saturated rings. The third kappa shape index (κ3) is 6.17. The van der Waals surface area contributed by atoms with Crippen LogP contribution in [0.15, 0.2) is 59.3 Å². The predicted molar refractivity (Wildman–Crippen MR) is 117 cm³/mol. The van der Waals surface area contributed by atoms with Crippen LogP contribution in [0.5, 0.6) is 5.75 Å². The second kappa shape index (κ2) is 10.8. The Labute approximate surface area is 178 Å². The maximum absolute atomic E-state index is 12.9. The van der Waals surface area contributed by atoms with E-state index in [1.807, 2.05) is 58.1 Å². The van der Waals surface area contributed by atoms with Crippen molar-refractivity contribution in [2.24, 2.45) is 0 Å². The number of amides is 2. The number of carbonyl (C=O) groups is 2. The molecule has 0 aliphatic rings. The molecule has 0 radical (unpaired) electrons. The number of nitrogens with zero attached hydrogens (tertiary/aromatic N) is 1. The third-order valence-electron chi connectivity index (χ3n) is 4.43. The van der Waals surface area contributed by atoms with Gasteiger partial charge in [-0.25, -0.2) is 0 Å². The van der Waals surface area contributed by atoms with Gasteiger partial charge in [0.1, 0.15) is 5.75 Å². The van der Waals surface area contributed by atoms with Crippen LogP contribution >= 0.6 is 22.7 Å². The predicted octanol–water partition coefficient (Wildman–Crippen LogP) is 4.56. The molecule has 2 amide bonds. The van der Waals surface area contributed by atoms with E-state index in [0.717, 1.165) is 16.2 Å². The number of methoxy groups -OCH3 is 1. The van der Waals surface area contributed by atoms with Gasteiger partial charge in [-0.15, -0.1) is 22.7 Å². The minimum Gasteiger partial charge on any atom is -0.496 e. The molecule has 0 unspecified atom stereocenters. The van der Waals surface area contributed by atoms with Crippen LogP contribution in [0.3, 0.4) is 0 Å². The molecule has 0 saturated carbocycles. The van der Waals surface area contributed by atoms with Gasteiger partial charge in [0.15, 0.2) is 0 Å². The first-order valence-electron chi connectivity index (χ1n) is 9.41. The summed E-state index contributed by atoms with van der Waals surface area (Å²) in [5, 5.41) is 6.76. The van der Waals surface area contributed by atoms with Crippen molar-refractivity contribution in [3.63, 3.8) is 0 Å². The molecule has 0 spiro atoms. The Morgan fingerprint density at radius 1 is 1.00 bits per heavy atom. The van der Waals surface area contributed by atoms with Crippen LogP contribution in [0.25, 0.3) is 0 Å². The van der Waals surface area contributed by atoms with E-state index in [4.69, 9.17) is 4.74 Å². The largest absolute Gasteiger partial charge is 0.496 e. The molecule has 0 aliphatic carbocycles. The number of benzene rings is 1. The van der Waals surface area contributed by atoms with Crippen LogP contribution in [-0.4, -0.2) is 30.4 Å². The molecule has 3 rings (SSSR count). The fourth-order valence-corrected chi connectivity index (χ4v) is 4.32. The molecule has 0 aliphatic heterocycles. The van der Waals surface area contributed by atoms with Gasteiger partial charge in [-0.1, -0.05) is 30.3 Å². The van der Waals surface area contributed by atoms with E-state index in [-0.39, 0.29) is 11.8 Å². The van der Waals surface area contributed by atoms with Gasteiger partial charge in [0.05, 0.1) is 18.5 Å². The van der Waals surface area contributed by atoms with Crippen LogP contribution in [-0.2, 0) is 17.9 Å². The van der Waals surface area contributed by atoms with Gasteiger partial charge in [-0.05, 0) is 35.4 Å². The molecule has 29 heavy (non-hydrogen) atoms. The smallest absolute Gasteiger partial charge is 0.261 e. The SMILES string of the molecule is COc1ccccc1CN(Cc1cccs1)C(=O)CCCNC(=O)c1cccs1. The van der Waals surface area contributed by atoms with E-state index in [9.17, 15) is 9.59 Å². The zero-order valence-electron chi connectivity index (χ0n) is 16.3. The number of ether oxygens (including phenoxy) is 1. The van der Waals surface area contributed by atoms with Crippen LogP contribution in [0.2, 0.25) is 0 Å². The summed E-state index contributed by atoms with van der Waals surface area (Å²) < 4.78 is 5.44. The van der Waals surface area contributed by atoms with Gasteiger partial charge >= 0.3 is 0 Å². The summed E-state index contributed by atoms with van der Waals surface area (Å²) in [6.07, 6.45) is 0.980. The lowest BCUT2D eigenvalue weighted by molar-refractivity contribution is -0.132. The monoisotopic (exact) mass is 428 g/mol. The quantitative estimate of drug-likeness (QED) is 0.482. The van der Waals surface area contributed by atoms with E-state index >= 15 is 0 Å². The minimum absolute atomic E-state index is 0.0645. The molecule has 2 aromatic heterocycles. The number of para-hydroxylation sites is 1. The second-order valence-electron chi connectivity index (χ2n) is 6.48. The maximum Gasteiger partial charge on any atom is 0.261 e. The lowest BCUT2D eigenvalue weighted by Crippen LogP contribution is -2.31. The molecule has 0 bridgehead atoms. The Morgan fingerprint density at radius 3 is 2.52 bits per heavy atom. The van der Waals surface area contributed by atoms with Crippen molar-refractivity contribution in [1.29, 1.82) is 0 Å². The number of thiophene rings is 2. The van der Waals surface area contributed by atoms with Crippen molar-refractivity contribution in [2.75, 3.05) is 13.7 Å². The molecule has 2 heterocycles. The van der Waals surface area contributed by atoms with Crippen LogP contribution in [0, 0.1) is 0 Å². The lowest BCUT2D eigenvalue weighted by atomic mass is 10.1. The highest BCUT2D eigenvalue weighted by Crippen LogP contribution is 2.22. The van der Waals surface area contributed by atoms with Crippen molar-refractivity contribution in [2.45, 2.75) is 25.9 Å². The van der Waals surface area contributed by atoms with Gasteiger partial charge in [0, 0.05) is 30.0 Å². The van der Waals surface area contributed by atoms with Crippen molar-refractivity contribution in [3.8, 4) is 5.75 Å². The summed E-state index contributed by atoms with van der Waals surface area (Å²) in [5.74, 6) is 0.756. The zero-order valence-corrected chi connectivity index (χ0v) is 17.9. The van der Waals surface area contributed by atoms with Gasteiger partial charge < -0.3 is 15.0 Å². The molecule has 0 atom stereocenters. The molecule has 0 saturated heterocycles. The molecule has 3 aromatic rings. The summed E-state index contributed by atoms with van der Waals surface area (Å²) in [6.45, 7) is 1.53. The zero-order chi connectivity index (χ0) is 20.5. The summed E-state index contributed by atoms with van der Waals surface area (Å²) in [7, 11) is 1.64. The van der Waals surface area contributed by atoms with Gasteiger partial charge in [0.2, 0.25) is 5.91 Å². The Kier molecular flexibility index (Phi) is 7.84. The van der Waals surface area contributed by atoms with Gasteiger partial charge in [-0.2, -0.15) is 0 Å². The van der Waals surface area contributed by atoms with E-state index in [0.29, 0.717) is 37.4 Å². The number of hydrogen-bond acceptors (Lipinski definition) is 5. The summed E-state index contributed by atoms with van der Waals surface area (Å²) >= 11 is 3.05. The number of carbonyl (C=O) groups excluding carboxylic acids is 2. The molecule has 1 N–H and O–H groups in total. The van der Waals surface area contributed by atoms with Crippen LogP contribution in [0.1, 0.15) is 33.0 Å². The van der Waals surface area contributed by atoms with Gasteiger partial charge in [-0.3, -0.25) is 9.59 Å². The third-order valence-corrected chi connectivity index (χ3v) is 6.16. The maximum atomic E-state index is 12.9. The van der Waals surface area contributed by atoms with E-state index in [1.54, 1.807) is 24.5 Å². The Bertz CT molecular complexity index is 908. The Balaban J connectivity index is 1.57. The first-order valence-corrected chi connectivity index (χ1v) is 11.2. The average Bonchev–Trinajstić information content (AvgIpc) is 3.45.